The van der Waals surface area contributed by atoms with Gasteiger partial charge in [0.2, 0.25) is 5.91 Å². The van der Waals surface area contributed by atoms with E-state index in [1.54, 1.807) is 7.11 Å². The highest BCUT2D eigenvalue weighted by Gasteiger charge is 2.17. The molecule has 0 radical (unpaired) electrons. The molecule has 8 heteroatoms. The van der Waals surface area contributed by atoms with Gasteiger partial charge in [-0.25, -0.2) is 0 Å². The lowest BCUT2D eigenvalue weighted by Crippen LogP contribution is -2.15. The van der Waals surface area contributed by atoms with Crippen molar-refractivity contribution in [3.8, 4) is 17.2 Å². The van der Waals surface area contributed by atoms with Crippen molar-refractivity contribution in [3.05, 3.63) is 90.3 Å². The van der Waals surface area contributed by atoms with Gasteiger partial charge >= 0.3 is 0 Å². The summed E-state index contributed by atoms with van der Waals surface area (Å²) >= 11 is 1.33. The molecule has 168 valence electrons. The third-order valence-electron chi connectivity index (χ3n) is 4.89. The average molecular weight is 461 g/mol. The van der Waals surface area contributed by atoms with Gasteiger partial charge in [0.15, 0.2) is 11.0 Å². The molecule has 0 unspecified atom stereocenters. The van der Waals surface area contributed by atoms with Gasteiger partial charge in [-0.3, -0.25) is 9.36 Å². The number of hydrogen-bond donors (Lipinski definition) is 1. The number of nitrogens with zero attached hydrogens (tertiary/aromatic N) is 3. The molecule has 1 N–H and O–H groups in total. The number of nitrogens with one attached hydrogen (secondary N) is 1. The molecule has 0 atom stereocenters. The van der Waals surface area contributed by atoms with E-state index >= 15 is 0 Å². The van der Waals surface area contributed by atoms with Crippen molar-refractivity contribution in [2.75, 3.05) is 18.2 Å². The summed E-state index contributed by atoms with van der Waals surface area (Å²) in [5.74, 6) is 2.20. The van der Waals surface area contributed by atoms with Gasteiger partial charge in [0, 0.05) is 11.4 Å². The summed E-state index contributed by atoms with van der Waals surface area (Å²) in [6.45, 7) is 2.19. The Morgan fingerprint density at radius 1 is 0.939 bits per heavy atom. The molecule has 0 aliphatic rings. The first kappa shape index (κ1) is 22.4. The fourth-order valence-electron chi connectivity index (χ4n) is 3.17. The van der Waals surface area contributed by atoms with Crippen LogP contribution < -0.4 is 14.8 Å². The Kier molecular flexibility index (Phi) is 7.26. The number of carbonyl (C=O) groups excluding carboxylic acids is 1. The van der Waals surface area contributed by atoms with Gasteiger partial charge in [-0.1, -0.05) is 48.2 Å². The molecule has 33 heavy (non-hydrogen) atoms. The fourth-order valence-corrected chi connectivity index (χ4v) is 3.94. The molecule has 0 bridgehead atoms. The second kappa shape index (κ2) is 10.7. The Hall–Kier alpha value is -3.78. The second-order valence-corrected chi connectivity index (χ2v) is 8.13. The third-order valence-corrected chi connectivity index (χ3v) is 5.82. The lowest BCUT2D eigenvalue weighted by molar-refractivity contribution is -0.113. The zero-order chi connectivity index (χ0) is 23.0. The summed E-state index contributed by atoms with van der Waals surface area (Å²) in [7, 11) is 1.62. The predicted octanol–water partition coefficient (Wildman–Crippen LogP) is 4.89. The number of ether oxygens (including phenoxy) is 2. The van der Waals surface area contributed by atoms with E-state index in [4.69, 9.17) is 9.47 Å². The minimum Gasteiger partial charge on any atom is -0.497 e. The van der Waals surface area contributed by atoms with Gasteiger partial charge in [-0.05, 0) is 55.0 Å². The van der Waals surface area contributed by atoms with Crippen LogP contribution in [0.1, 0.15) is 11.4 Å². The molecule has 0 aliphatic heterocycles. The number of amides is 1. The third kappa shape index (κ3) is 5.72. The number of para-hydroxylation sites is 2. The van der Waals surface area contributed by atoms with Gasteiger partial charge in [0.05, 0.1) is 12.9 Å². The zero-order valence-corrected chi connectivity index (χ0v) is 19.2. The van der Waals surface area contributed by atoms with Crippen molar-refractivity contribution in [2.45, 2.75) is 18.7 Å². The first-order valence-corrected chi connectivity index (χ1v) is 11.4. The van der Waals surface area contributed by atoms with Crippen LogP contribution in [0, 0.1) is 6.92 Å². The minimum absolute atomic E-state index is 0.104. The van der Waals surface area contributed by atoms with Gasteiger partial charge < -0.3 is 14.8 Å². The molecule has 4 aromatic rings. The molecule has 1 aromatic heterocycles. The number of anilines is 1. The number of hydrogen-bond acceptors (Lipinski definition) is 6. The molecule has 0 saturated heterocycles. The van der Waals surface area contributed by atoms with Gasteiger partial charge in [-0.15, -0.1) is 10.2 Å². The van der Waals surface area contributed by atoms with Crippen molar-refractivity contribution in [1.29, 1.82) is 0 Å². The summed E-state index contributed by atoms with van der Waals surface area (Å²) < 4.78 is 13.0. The maximum atomic E-state index is 12.5. The van der Waals surface area contributed by atoms with Crippen molar-refractivity contribution in [1.82, 2.24) is 14.8 Å². The van der Waals surface area contributed by atoms with Crippen LogP contribution in [0.3, 0.4) is 0 Å². The summed E-state index contributed by atoms with van der Waals surface area (Å²) in [6, 6.07) is 24.8. The van der Waals surface area contributed by atoms with Crippen LogP contribution >= 0.6 is 11.8 Å². The Balaban J connectivity index is 1.48. The normalized spacial score (nSPS) is 10.6. The first-order chi connectivity index (χ1) is 16.1. The highest BCUT2D eigenvalue weighted by Crippen LogP contribution is 2.24. The molecule has 0 fully saturated rings. The maximum Gasteiger partial charge on any atom is 0.234 e. The topological polar surface area (TPSA) is 78.3 Å². The van der Waals surface area contributed by atoms with E-state index in [-0.39, 0.29) is 18.3 Å². The first-order valence-electron chi connectivity index (χ1n) is 10.4. The standard InChI is InChI=1S/C25H24N4O3S/c1-18-8-6-7-11-22(18)26-24(30)17-33-25-28-27-23(29(25)19-9-4-3-5-10-19)16-32-21-14-12-20(31-2)13-15-21/h3-15H,16-17H2,1-2H3,(H,26,30). The van der Waals surface area contributed by atoms with Crippen LogP contribution in [-0.2, 0) is 11.4 Å². The van der Waals surface area contributed by atoms with E-state index in [1.165, 1.54) is 11.8 Å². The maximum absolute atomic E-state index is 12.5. The predicted molar refractivity (Wildman–Crippen MR) is 129 cm³/mol. The highest BCUT2D eigenvalue weighted by molar-refractivity contribution is 7.99. The SMILES string of the molecule is COc1ccc(OCc2nnc(SCC(=O)Nc3ccccc3C)n2-c2ccccc2)cc1. The molecule has 1 amide bonds. The van der Waals surface area contributed by atoms with Crippen molar-refractivity contribution >= 4 is 23.4 Å². The number of aryl methyl sites for hydroxylation is 1. The smallest absolute Gasteiger partial charge is 0.234 e. The summed E-state index contributed by atoms with van der Waals surface area (Å²) in [6.07, 6.45) is 0. The van der Waals surface area contributed by atoms with Crippen LogP contribution in [-0.4, -0.2) is 33.5 Å². The van der Waals surface area contributed by atoms with E-state index < -0.39 is 0 Å². The summed E-state index contributed by atoms with van der Waals surface area (Å²) in [5.41, 5.74) is 2.72. The zero-order valence-electron chi connectivity index (χ0n) is 18.4. The molecule has 0 spiro atoms. The van der Waals surface area contributed by atoms with Crippen LogP contribution in [0.2, 0.25) is 0 Å². The van der Waals surface area contributed by atoms with Crippen molar-refractivity contribution in [2.24, 2.45) is 0 Å². The van der Waals surface area contributed by atoms with Gasteiger partial charge in [0.25, 0.3) is 0 Å². The number of methoxy groups -OCH3 is 1. The fraction of sp³-hybridized carbons (Fsp3) is 0.160. The summed E-state index contributed by atoms with van der Waals surface area (Å²) in [5, 5.41) is 12.2. The number of benzene rings is 3. The molecule has 0 aliphatic carbocycles. The van der Waals surface area contributed by atoms with Gasteiger partial charge in [0.1, 0.15) is 18.1 Å². The molecule has 4 rings (SSSR count). The average Bonchev–Trinajstić information content (AvgIpc) is 3.26. The number of rotatable bonds is 9. The Bertz CT molecular complexity index is 1210. The van der Waals surface area contributed by atoms with Crippen LogP contribution in [0.25, 0.3) is 5.69 Å². The Morgan fingerprint density at radius 3 is 2.36 bits per heavy atom. The van der Waals surface area contributed by atoms with E-state index in [2.05, 4.69) is 15.5 Å². The number of carbonyl (C=O) groups is 1. The van der Waals surface area contributed by atoms with Gasteiger partial charge in [-0.2, -0.15) is 0 Å². The molecule has 0 saturated carbocycles. The molecule has 7 nitrogen and oxygen atoms in total. The Labute approximate surface area is 196 Å². The molecular formula is C25H24N4O3S. The minimum atomic E-state index is -0.104. The number of thioether (sulfide) groups is 1. The largest absolute Gasteiger partial charge is 0.497 e. The molecule has 3 aromatic carbocycles. The molecular weight excluding hydrogens is 436 g/mol. The lowest BCUT2D eigenvalue weighted by Gasteiger charge is -2.12. The van der Waals surface area contributed by atoms with Crippen molar-refractivity contribution in [3.63, 3.8) is 0 Å². The second-order valence-electron chi connectivity index (χ2n) is 7.19. The lowest BCUT2D eigenvalue weighted by atomic mass is 10.2. The van der Waals surface area contributed by atoms with Crippen LogP contribution in [0.4, 0.5) is 5.69 Å². The molecule has 1 heterocycles. The quantitative estimate of drug-likeness (QED) is 0.358. The van der Waals surface area contributed by atoms with E-state index in [1.807, 2.05) is 90.4 Å². The van der Waals surface area contributed by atoms with E-state index in [0.29, 0.717) is 16.7 Å². The van der Waals surface area contributed by atoms with Crippen LogP contribution in [0.5, 0.6) is 11.5 Å². The highest BCUT2D eigenvalue weighted by atomic mass is 32.2. The Morgan fingerprint density at radius 2 is 1.64 bits per heavy atom. The van der Waals surface area contributed by atoms with E-state index in [9.17, 15) is 4.79 Å². The van der Waals surface area contributed by atoms with Crippen LogP contribution in [0.15, 0.2) is 84.0 Å². The number of aromatic nitrogens is 3. The monoisotopic (exact) mass is 460 g/mol. The summed E-state index contributed by atoms with van der Waals surface area (Å²) in [4.78, 5) is 12.5. The van der Waals surface area contributed by atoms with E-state index in [0.717, 1.165) is 22.7 Å². The van der Waals surface area contributed by atoms with Crippen molar-refractivity contribution < 1.29 is 14.3 Å².